The van der Waals surface area contributed by atoms with Gasteiger partial charge in [-0.2, -0.15) is 0 Å². The summed E-state index contributed by atoms with van der Waals surface area (Å²) in [5.74, 6) is -0.00963. The lowest BCUT2D eigenvalue weighted by Crippen LogP contribution is -2.19. The molecule has 0 atom stereocenters. The topological polar surface area (TPSA) is 117 Å². The first-order valence-corrected chi connectivity index (χ1v) is 6.40. The Morgan fingerprint density at radius 3 is 2.33 bits per heavy atom. The van der Waals surface area contributed by atoms with E-state index in [1.54, 1.807) is 30.3 Å². The molecule has 0 aliphatic rings. The van der Waals surface area contributed by atoms with Crippen molar-refractivity contribution in [3.05, 3.63) is 59.7 Å². The Morgan fingerprint density at radius 2 is 1.71 bits per heavy atom. The smallest absolute Gasteiger partial charge is 0.323 e. The van der Waals surface area contributed by atoms with Crippen LogP contribution in [0.2, 0.25) is 0 Å². The van der Waals surface area contributed by atoms with Crippen LogP contribution in [0.4, 0.5) is 16.2 Å². The Morgan fingerprint density at radius 1 is 1.05 bits per heavy atom. The van der Waals surface area contributed by atoms with Crippen LogP contribution in [-0.2, 0) is 6.54 Å². The molecule has 0 heterocycles. The summed E-state index contributed by atoms with van der Waals surface area (Å²) in [4.78, 5) is 11.9. The third kappa shape index (κ3) is 4.05. The van der Waals surface area contributed by atoms with E-state index < -0.39 is 0 Å². The average Bonchev–Trinajstić information content (AvgIpc) is 2.47. The second-order valence-corrected chi connectivity index (χ2v) is 4.47. The molecule has 0 unspecified atom stereocenters. The molecule has 0 fully saturated rings. The zero-order valence-corrected chi connectivity index (χ0v) is 11.4. The van der Waals surface area contributed by atoms with Crippen LogP contribution in [0.5, 0.6) is 0 Å². The fourth-order valence-electron chi connectivity index (χ4n) is 1.80. The molecule has 0 aliphatic carbocycles. The van der Waals surface area contributed by atoms with Gasteiger partial charge >= 0.3 is 6.03 Å². The highest BCUT2D eigenvalue weighted by Crippen LogP contribution is 2.12. The first kappa shape index (κ1) is 14.5. The number of hydrogen-bond acceptors (Lipinski definition) is 3. The Kier molecular flexibility index (Phi) is 4.53. The van der Waals surface area contributed by atoms with Gasteiger partial charge in [-0.05, 0) is 42.0 Å². The Bertz CT molecular complexity index is 651. The number of amidine groups is 1. The number of hydrogen-bond donors (Lipinski definition) is 5. The van der Waals surface area contributed by atoms with Crippen molar-refractivity contribution in [3.63, 3.8) is 0 Å². The molecule has 0 aliphatic heterocycles. The quantitative estimate of drug-likeness (QED) is 0.436. The maximum absolute atomic E-state index is 11.9. The van der Waals surface area contributed by atoms with Gasteiger partial charge < -0.3 is 22.1 Å². The second-order valence-electron chi connectivity index (χ2n) is 4.47. The number of nitrogens with one attached hydrogen (secondary N) is 3. The molecule has 0 spiro atoms. The molecule has 21 heavy (non-hydrogen) atoms. The summed E-state index contributed by atoms with van der Waals surface area (Å²) in [6, 6.07) is 13.7. The van der Waals surface area contributed by atoms with Crippen LogP contribution in [0.1, 0.15) is 11.1 Å². The standard InChI is InChI=1S/C15H17N5O/c16-9-10-2-1-3-13(8-10)20-15(21)19-12-6-4-11(5-7-12)14(17)18/h1-8H,9,16H2,(H3,17,18)(H2,19,20,21). The van der Waals surface area contributed by atoms with E-state index in [4.69, 9.17) is 16.9 Å². The van der Waals surface area contributed by atoms with E-state index in [-0.39, 0.29) is 11.9 Å². The highest BCUT2D eigenvalue weighted by molar-refractivity contribution is 6.00. The molecule has 7 N–H and O–H groups in total. The third-order valence-corrected chi connectivity index (χ3v) is 2.87. The van der Waals surface area contributed by atoms with E-state index in [9.17, 15) is 4.79 Å². The van der Waals surface area contributed by atoms with Crippen molar-refractivity contribution in [2.75, 3.05) is 10.6 Å². The van der Waals surface area contributed by atoms with Crippen molar-refractivity contribution in [1.29, 1.82) is 5.41 Å². The lowest BCUT2D eigenvalue weighted by Gasteiger charge is -2.09. The fourth-order valence-corrected chi connectivity index (χ4v) is 1.80. The molecule has 0 radical (unpaired) electrons. The predicted octanol–water partition coefficient (Wildman–Crippen LogP) is 2.07. The van der Waals surface area contributed by atoms with Gasteiger partial charge in [-0.15, -0.1) is 0 Å². The summed E-state index contributed by atoms with van der Waals surface area (Å²) in [6.45, 7) is 0.420. The van der Waals surface area contributed by atoms with Gasteiger partial charge in [-0.1, -0.05) is 12.1 Å². The van der Waals surface area contributed by atoms with Gasteiger partial charge in [0.2, 0.25) is 0 Å². The molecule has 0 saturated carbocycles. The zero-order chi connectivity index (χ0) is 15.2. The van der Waals surface area contributed by atoms with E-state index in [0.29, 0.717) is 23.5 Å². The number of benzene rings is 2. The Hall–Kier alpha value is -2.86. The monoisotopic (exact) mass is 283 g/mol. The number of carbonyl (C=O) groups is 1. The number of urea groups is 1. The van der Waals surface area contributed by atoms with Crippen molar-refractivity contribution in [2.24, 2.45) is 11.5 Å². The molecule has 108 valence electrons. The molecular weight excluding hydrogens is 266 g/mol. The number of nitrogen functional groups attached to an aromatic ring is 1. The molecule has 2 amide bonds. The van der Waals surface area contributed by atoms with Crippen molar-refractivity contribution in [3.8, 4) is 0 Å². The Balaban J connectivity index is 1.99. The van der Waals surface area contributed by atoms with Gasteiger partial charge in [-0.25, -0.2) is 4.79 Å². The van der Waals surface area contributed by atoms with E-state index in [1.807, 2.05) is 18.2 Å². The molecule has 6 nitrogen and oxygen atoms in total. The summed E-state index contributed by atoms with van der Waals surface area (Å²) in [7, 11) is 0. The maximum Gasteiger partial charge on any atom is 0.323 e. The van der Waals surface area contributed by atoms with Gasteiger partial charge in [0, 0.05) is 23.5 Å². The predicted molar refractivity (Wildman–Crippen MR) is 84.4 cm³/mol. The van der Waals surface area contributed by atoms with Gasteiger partial charge in [0.15, 0.2) is 0 Å². The van der Waals surface area contributed by atoms with Gasteiger partial charge in [0.1, 0.15) is 5.84 Å². The third-order valence-electron chi connectivity index (χ3n) is 2.87. The number of amides is 2. The van der Waals surface area contributed by atoms with Crippen molar-refractivity contribution >= 4 is 23.2 Å². The minimum Gasteiger partial charge on any atom is -0.384 e. The lowest BCUT2D eigenvalue weighted by atomic mass is 10.2. The van der Waals surface area contributed by atoms with Crippen molar-refractivity contribution in [1.82, 2.24) is 0 Å². The molecule has 2 aromatic rings. The first-order valence-electron chi connectivity index (χ1n) is 6.40. The van der Waals surface area contributed by atoms with Crippen LogP contribution in [0.3, 0.4) is 0 Å². The molecule has 0 saturated heterocycles. The minimum atomic E-state index is -0.347. The van der Waals surface area contributed by atoms with Crippen LogP contribution >= 0.6 is 0 Å². The maximum atomic E-state index is 11.9. The SMILES string of the molecule is N=C(N)c1ccc(NC(=O)Nc2cccc(CN)c2)cc1. The second kappa shape index (κ2) is 6.53. The summed E-state index contributed by atoms with van der Waals surface area (Å²) in [5.41, 5.74) is 13.8. The highest BCUT2D eigenvalue weighted by Gasteiger charge is 2.04. The fraction of sp³-hybridized carbons (Fsp3) is 0.0667. The van der Waals surface area contributed by atoms with E-state index >= 15 is 0 Å². The van der Waals surface area contributed by atoms with E-state index in [2.05, 4.69) is 10.6 Å². The van der Waals surface area contributed by atoms with Gasteiger partial charge in [0.05, 0.1) is 0 Å². The molecule has 0 bridgehead atoms. The first-order chi connectivity index (χ1) is 10.1. The number of nitrogens with two attached hydrogens (primary N) is 2. The van der Waals surface area contributed by atoms with Crippen molar-refractivity contribution < 1.29 is 4.79 Å². The summed E-state index contributed by atoms with van der Waals surface area (Å²) >= 11 is 0. The van der Waals surface area contributed by atoms with Gasteiger partial charge in [-0.3, -0.25) is 5.41 Å². The average molecular weight is 283 g/mol. The minimum absolute atomic E-state index is 0.00963. The van der Waals surface area contributed by atoms with E-state index in [0.717, 1.165) is 5.56 Å². The molecule has 2 aromatic carbocycles. The van der Waals surface area contributed by atoms with Crippen LogP contribution in [0.25, 0.3) is 0 Å². The summed E-state index contributed by atoms with van der Waals surface area (Å²) < 4.78 is 0. The molecular formula is C15H17N5O. The summed E-state index contributed by atoms with van der Waals surface area (Å²) in [5, 5.41) is 12.7. The number of rotatable bonds is 4. The highest BCUT2D eigenvalue weighted by atomic mass is 16.2. The molecule has 0 aromatic heterocycles. The van der Waals surface area contributed by atoms with E-state index in [1.165, 1.54) is 0 Å². The Labute approximate surface area is 122 Å². The lowest BCUT2D eigenvalue weighted by molar-refractivity contribution is 0.262. The largest absolute Gasteiger partial charge is 0.384 e. The molecule has 6 heteroatoms. The normalized spacial score (nSPS) is 9.95. The van der Waals surface area contributed by atoms with Gasteiger partial charge in [0.25, 0.3) is 0 Å². The number of anilines is 2. The van der Waals surface area contributed by atoms with Crippen LogP contribution in [0, 0.1) is 5.41 Å². The van der Waals surface area contributed by atoms with Crippen LogP contribution in [-0.4, -0.2) is 11.9 Å². The van der Waals surface area contributed by atoms with Crippen LogP contribution < -0.4 is 22.1 Å². The molecule has 2 rings (SSSR count). The van der Waals surface area contributed by atoms with Crippen LogP contribution in [0.15, 0.2) is 48.5 Å². The summed E-state index contributed by atoms with van der Waals surface area (Å²) in [6.07, 6.45) is 0. The van der Waals surface area contributed by atoms with Crippen molar-refractivity contribution in [2.45, 2.75) is 6.54 Å². The zero-order valence-electron chi connectivity index (χ0n) is 11.4. The number of carbonyl (C=O) groups excluding carboxylic acids is 1.